The molecule has 0 radical (unpaired) electrons. The van der Waals surface area contributed by atoms with Gasteiger partial charge in [-0.1, -0.05) is 37.1 Å². The maximum atomic E-state index is 12.4. The number of carbonyl (C=O) groups excluding carboxylic acids is 3. The molecule has 0 aromatic carbocycles. The predicted molar refractivity (Wildman–Crippen MR) is 152 cm³/mol. The predicted octanol–water partition coefficient (Wildman–Crippen LogP) is 1.54. The van der Waals surface area contributed by atoms with Crippen LogP contribution in [-0.2, 0) is 30.4 Å². The van der Waals surface area contributed by atoms with E-state index in [-0.39, 0.29) is 41.6 Å². The van der Waals surface area contributed by atoms with Crippen LogP contribution in [0.1, 0.15) is 19.5 Å². The van der Waals surface area contributed by atoms with Crippen molar-refractivity contribution in [1.29, 1.82) is 10.5 Å². The van der Waals surface area contributed by atoms with Gasteiger partial charge in [0.05, 0.1) is 10.3 Å². The number of H-pyrrole nitrogens is 1. The second kappa shape index (κ2) is 15.7. The molecule has 1 fully saturated rings. The largest absolute Gasteiger partial charge is 0.457 e. The van der Waals surface area contributed by atoms with E-state index in [1.165, 1.54) is 33.4 Å². The first-order valence-corrected chi connectivity index (χ1v) is 13.7. The summed E-state index contributed by atoms with van der Waals surface area (Å²) in [5.74, 6) is -1.33. The van der Waals surface area contributed by atoms with E-state index in [1.54, 1.807) is 32.2 Å². The second-order valence-electron chi connectivity index (χ2n) is 7.57. The molecule has 0 spiro atoms. The molecule has 3 rings (SSSR count). The zero-order valence-electron chi connectivity index (χ0n) is 22.0. The van der Waals surface area contributed by atoms with Crippen molar-refractivity contribution in [3.63, 3.8) is 0 Å². The first kappa shape index (κ1) is 31.6. The van der Waals surface area contributed by atoms with Gasteiger partial charge in [0, 0.05) is 25.0 Å². The van der Waals surface area contributed by atoms with E-state index in [1.807, 2.05) is 18.2 Å². The number of aromatic amines is 1. The van der Waals surface area contributed by atoms with E-state index < -0.39 is 11.9 Å². The maximum Gasteiger partial charge on any atom is 0.352 e. The number of esters is 2. The highest BCUT2D eigenvalue weighted by atomic mass is 32.2. The summed E-state index contributed by atoms with van der Waals surface area (Å²) in [7, 11) is 0. The highest BCUT2D eigenvalue weighted by Gasteiger charge is 2.31. The Bertz CT molecular complexity index is 1570. The van der Waals surface area contributed by atoms with Crippen LogP contribution in [0.4, 0.5) is 0 Å². The summed E-state index contributed by atoms with van der Waals surface area (Å²) in [5, 5.41) is 18.6. The number of nitrogens with zero attached hydrogens (tertiary/aromatic N) is 4. The number of thioether (sulfide) groups is 1. The molecule has 0 unspecified atom stereocenters. The van der Waals surface area contributed by atoms with Gasteiger partial charge in [-0.15, -0.1) is 11.3 Å². The molecule has 11 nitrogen and oxygen atoms in total. The Kier molecular flexibility index (Phi) is 12.4. The van der Waals surface area contributed by atoms with E-state index in [2.05, 4.69) is 18.1 Å². The molecule has 1 saturated heterocycles. The van der Waals surface area contributed by atoms with Crippen LogP contribution in [0.15, 0.2) is 59.0 Å². The Morgan fingerprint density at radius 3 is 2.20 bits per heavy atom. The van der Waals surface area contributed by atoms with Crippen LogP contribution >= 0.6 is 23.1 Å². The Balaban J connectivity index is 0.000000294. The Labute approximate surface area is 238 Å². The fraction of sp³-hybridized carbons (Fsp3) is 0.259. The molecule has 13 heteroatoms. The van der Waals surface area contributed by atoms with Crippen LogP contribution in [0.5, 0.6) is 0 Å². The SMILES string of the molecule is C=CCOC(=O)/C(C#N)=C1\SCC(=O)N1CC.C=CCOC(=O)/C(C#N)=c1\sc(=Cc2ccc[nH]2)c(=O)n1CC. The summed E-state index contributed by atoms with van der Waals surface area (Å²) in [6.45, 7) is 11.3. The first-order chi connectivity index (χ1) is 19.3. The Morgan fingerprint density at radius 2 is 1.70 bits per heavy atom. The summed E-state index contributed by atoms with van der Waals surface area (Å²) in [5.41, 5.74) is 0.226. The average Bonchev–Trinajstić information content (AvgIpc) is 3.67. The maximum absolute atomic E-state index is 12.4. The topological polar surface area (TPSA) is 158 Å². The molecular weight excluding hydrogens is 554 g/mol. The fourth-order valence-corrected chi connectivity index (χ4v) is 5.49. The summed E-state index contributed by atoms with van der Waals surface area (Å²) >= 11 is 2.28. The highest BCUT2D eigenvalue weighted by molar-refractivity contribution is 8.04. The minimum absolute atomic E-state index is 0.00715. The average molecular weight is 582 g/mol. The third-order valence-corrected chi connectivity index (χ3v) is 7.27. The van der Waals surface area contributed by atoms with Crippen molar-refractivity contribution in [2.75, 3.05) is 25.5 Å². The highest BCUT2D eigenvalue weighted by Crippen LogP contribution is 2.31. The lowest BCUT2D eigenvalue weighted by molar-refractivity contribution is -0.137. The van der Waals surface area contributed by atoms with Crippen LogP contribution in [0.25, 0.3) is 11.6 Å². The van der Waals surface area contributed by atoms with E-state index in [0.29, 0.717) is 27.3 Å². The monoisotopic (exact) mass is 581 g/mol. The fourth-order valence-electron chi connectivity index (χ4n) is 3.27. The summed E-state index contributed by atoms with van der Waals surface area (Å²) in [6, 6.07) is 7.27. The van der Waals surface area contributed by atoms with Gasteiger partial charge in [-0.2, -0.15) is 10.5 Å². The molecule has 0 aliphatic carbocycles. The number of hydrogen-bond acceptors (Lipinski definition) is 10. The molecule has 1 aliphatic heterocycles. The molecule has 2 aromatic rings. The van der Waals surface area contributed by atoms with Crippen molar-refractivity contribution in [3.05, 3.63) is 79.5 Å². The first-order valence-electron chi connectivity index (χ1n) is 11.9. The van der Waals surface area contributed by atoms with Crippen molar-refractivity contribution < 1.29 is 23.9 Å². The number of thiazole rings is 1. The van der Waals surface area contributed by atoms with Crippen molar-refractivity contribution in [2.45, 2.75) is 20.4 Å². The molecular formula is C27H27N5O6S2. The van der Waals surface area contributed by atoms with Crippen molar-refractivity contribution >= 4 is 52.6 Å². The smallest absolute Gasteiger partial charge is 0.352 e. The molecule has 1 amide bonds. The number of amides is 1. The summed E-state index contributed by atoms with van der Waals surface area (Å²) in [6.07, 6.45) is 6.27. The van der Waals surface area contributed by atoms with Crippen LogP contribution in [0.2, 0.25) is 0 Å². The molecule has 0 saturated carbocycles. The lowest BCUT2D eigenvalue weighted by Gasteiger charge is -2.14. The van der Waals surface area contributed by atoms with Crippen molar-refractivity contribution in [3.8, 4) is 12.1 Å². The van der Waals surface area contributed by atoms with Crippen LogP contribution < -0.4 is 14.8 Å². The van der Waals surface area contributed by atoms with Gasteiger partial charge >= 0.3 is 11.9 Å². The van der Waals surface area contributed by atoms with Crippen LogP contribution in [0.3, 0.4) is 0 Å². The number of hydrogen-bond donors (Lipinski definition) is 1. The molecule has 1 N–H and O–H groups in total. The van der Waals surface area contributed by atoms with E-state index in [9.17, 15) is 24.4 Å². The lowest BCUT2D eigenvalue weighted by Crippen LogP contribution is -2.32. The minimum atomic E-state index is -0.762. The molecule has 208 valence electrons. The number of aromatic nitrogens is 2. The zero-order valence-corrected chi connectivity index (χ0v) is 23.6. The molecule has 1 aliphatic rings. The quantitative estimate of drug-likeness (QED) is 0.201. The molecule has 40 heavy (non-hydrogen) atoms. The number of nitrogens with one attached hydrogen (secondary N) is 1. The van der Waals surface area contributed by atoms with Gasteiger partial charge in [0.1, 0.15) is 35.0 Å². The van der Waals surface area contributed by atoms with Crippen molar-refractivity contribution in [1.82, 2.24) is 14.5 Å². The number of carbonyl (C=O) groups is 3. The van der Waals surface area contributed by atoms with Gasteiger partial charge in [0.2, 0.25) is 5.91 Å². The zero-order chi connectivity index (χ0) is 29.7. The van der Waals surface area contributed by atoms with E-state index in [0.717, 1.165) is 17.0 Å². The number of rotatable bonds is 9. The van der Waals surface area contributed by atoms with Gasteiger partial charge in [-0.25, -0.2) is 9.59 Å². The van der Waals surface area contributed by atoms with Gasteiger partial charge in [0.15, 0.2) is 11.1 Å². The lowest BCUT2D eigenvalue weighted by atomic mass is 10.3. The summed E-state index contributed by atoms with van der Waals surface area (Å²) < 4.78 is 11.8. The molecule has 3 heterocycles. The second-order valence-corrected chi connectivity index (χ2v) is 9.57. The molecule has 0 atom stereocenters. The Hall–Kier alpha value is -4.59. The minimum Gasteiger partial charge on any atom is -0.457 e. The standard InChI is InChI=1S/C16H15N3O3S.C11H12N2O3S/c1-3-8-22-16(21)12(10-17)15-19(4-2)14(20)13(23-15)9-11-6-5-7-18-11;1-3-5-16-11(15)8(6-12)10-13(4-2)9(14)7-17-10/h3,5-7,9,18H,1,4,8H2,2H3;3H,1,4-5,7H2,2H3/b13-9?,15-12-;10-8-. The van der Waals surface area contributed by atoms with Gasteiger partial charge in [-0.05, 0) is 32.1 Å². The molecule has 2 aromatic heterocycles. The van der Waals surface area contributed by atoms with Gasteiger partial charge in [-0.3, -0.25) is 14.2 Å². The Morgan fingerprint density at radius 1 is 1.07 bits per heavy atom. The third kappa shape index (κ3) is 7.72. The summed E-state index contributed by atoms with van der Waals surface area (Å²) in [4.78, 5) is 51.9. The molecule has 0 bridgehead atoms. The van der Waals surface area contributed by atoms with Gasteiger partial charge < -0.3 is 19.4 Å². The number of ether oxygens (including phenoxy) is 2. The van der Waals surface area contributed by atoms with Crippen molar-refractivity contribution in [2.24, 2.45) is 0 Å². The van der Waals surface area contributed by atoms with E-state index >= 15 is 0 Å². The van der Waals surface area contributed by atoms with E-state index in [4.69, 9.17) is 14.7 Å². The normalized spacial score (nSPS) is 14.8. The van der Waals surface area contributed by atoms with Gasteiger partial charge in [0.25, 0.3) is 5.56 Å². The van der Waals surface area contributed by atoms with Crippen LogP contribution in [-0.4, -0.2) is 57.8 Å². The van der Waals surface area contributed by atoms with Crippen LogP contribution in [0, 0.1) is 22.7 Å². The number of nitriles is 2. The third-order valence-electron chi connectivity index (χ3n) is 5.05.